The van der Waals surface area contributed by atoms with E-state index in [0.717, 1.165) is 19.3 Å². The minimum Gasteiger partial charge on any atom is -0.480 e. The maximum Gasteiger partial charge on any atom is 0.326 e. The van der Waals surface area contributed by atoms with Crippen molar-refractivity contribution in [3.8, 4) is 0 Å². The minimum absolute atomic E-state index is 0.0532. The van der Waals surface area contributed by atoms with Crippen LogP contribution in [0.4, 0.5) is 0 Å². The van der Waals surface area contributed by atoms with Gasteiger partial charge in [-0.25, -0.2) is 4.79 Å². The first-order valence-corrected chi connectivity index (χ1v) is 8.10. The van der Waals surface area contributed by atoms with Crippen LogP contribution in [0.2, 0.25) is 0 Å². The summed E-state index contributed by atoms with van der Waals surface area (Å²) in [5.74, 6) is -0.513. The van der Waals surface area contributed by atoms with Crippen molar-refractivity contribution in [1.82, 2.24) is 5.32 Å². The minimum atomic E-state index is -0.989. The van der Waals surface area contributed by atoms with Crippen LogP contribution in [-0.2, 0) is 14.3 Å². The number of ether oxygens (including phenoxy) is 1. The maximum atomic E-state index is 12.4. The smallest absolute Gasteiger partial charge is 0.326 e. The Morgan fingerprint density at radius 3 is 2.48 bits per heavy atom. The largest absolute Gasteiger partial charge is 0.480 e. The molecule has 5 heteroatoms. The van der Waals surface area contributed by atoms with Gasteiger partial charge in [0.15, 0.2) is 0 Å². The van der Waals surface area contributed by atoms with E-state index in [9.17, 15) is 14.7 Å². The lowest BCUT2D eigenvalue weighted by atomic mass is 9.89. The van der Waals surface area contributed by atoms with Crippen molar-refractivity contribution in [3.05, 3.63) is 0 Å². The zero-order chi connectivity index (χ0) is 15.7. The van der Waals surface area contributed by atoms with E-state index in [0.29, 0.717) is 18.9 Å². The number of rotatable bonds is 10. The predicted octanol–water partition coefficient (Wildman–Crippen LogP) is 2.59. The molecule has 0 aromatic carbocycles. The highest BCUT2D eigenvalue weighted by Crippen LogP contribution is 2.31. The molecule has 0 radical (unpaired) electrons. The molecule has 0 aliphatic heterocycles. The van der Waals surface area contributed by atoms with Crippen molar-refractivity contribution in [3.63, 3.8) is 0 Å². The molecule has 21 heavy (non-hydrogen) atoms. The van der Waals surface area contributed by atoms with Crippen LogP contribution in [0.5, 0.6) is 0 Å². The highest BCUT2D eigenvalue weighted by molar-refractivity contribution is 5.84. The molecule has 1 rings (SSSR count). The zero-order valence-corrected chi connectivity index (χ0v) is 13.3. The van der Waals surface area contributed by atoms with Crippen LogP contribution in [0.1, 0.15) is 58.3 Å². The lowest BCUT2D eigenvalue weighted by molar-refractivity contribution is -0.143. The summed E-state index contributed by atoms with van der Waals surface area (Å²) in [6.07, 6.45) is 7.92. The third-order valence-corrected chi connectivity index (χ3v) is 4.33. The summed E-state index contributed by atoms with van der Waals surface area (Å²) in [5.41, 5.74) is 0. The van der Waals surface area contributed by atoms with Gasteiger partial charge >= 0.3 is 5.97 Å². The van der Waals surface area contributed by atoms with Crippen LogP contribution < -0.4 is 5.32 Å². The number of nitrogens with one attached hydrogen (secondary N) is 1. The van der Waals surface area contributed by atoms with E-state index in [1.807, 2.05) is 0 Å². The van der Waals surface area contributed by atoms with Gasteiger partial charge < -0.3 is 15.2 Å². The Balaban J connectivity index is 2.54. The Labute approximate surface area is 127 Å². The lowest BCUT2D eigenvalue weighted by Crippen LogP contribution is -2.44. The average molecular weight is 299 g/mol. The molecule has 1 fully saturated rings. The van der Waals surface area contributed by atoms with Crippen LogP contribution in [0.25, 0.3) is 0 Å². The van der Waals surface area contributed by atoms with Crippen LogP contribution in [0.3, 0.4) is 0 Å². The molecule has 0 saturated heterocycles. The van der Waals surface area contributed by atoms with Crippen LogP contribution in [-0.4, -0.2) is 36.7 Å². The van der Waals surface area contributed by atoms with E-state index < -0.39 is 12.0 Å². The van der Waals surface area contributed by atoms with E-state index in [4.69, 9.17) is 4.74 Å². The molecule has 1 amide bonds. The molecule has 1 aliphatic carbocycles. The Morgan fingerprint density at radius 2 is 1.95 bits per heavy atom. The molecular formula is C16H29NO4. The van der Waals surface area contributed by atoms with Crippen molar-refractivity contribution in [1.29, 1.82) is 0 Å². The molecular weight excluding hydrogens is 270 g/mol. The highest BCUT2D eigenvalue weighted by Gasteiger charge is 2.27. The molecule has 1 saturated carbocycles. The highest BCUT2D eigenvalue weighted by atomic mass is 16.5. The maximum absolute atomic E-state index is 12.4. The van der Waals surface area contributed by atoms with Gasteiger partial charge in [-0.15, -0.1) is 0 Å². The molecule has 2 N–H and O–H groups in total. The van der Waals surface area contributed by atoms with Crippen LogP contribution >= 0.6 is 0 Å². The first-order chi connectivity index (χ1) is 10.1. The first-order valence-electron chi connectivity index (χ1n) is 8.10. The average Bonchev–Trinajstić information content (AvgIpc) is 2.95. The second kappa shape index (κ2) is 9.77. The number of carboxylic acid groups (broad SMARTS) is 1. The quantitative estimate of drug-likeness (QED) is 0.650. The standard InChI is InChI=1S/C16H29NO4/c1-3-6-13(11-12-7-4-5-8-12)15(18)17-14(16(19)20)9-10-21-2/h12-14H,3-11H2,1-2H3,(H,17,18)(H,19,20). The molecule has 0 heterocycles. The van der Waals surface area contributed by atoms with Gasteiger partial charge in [0.2, 0.25) is 5.91 Å². The summed E-state index contributed by atoms with van der Waals surface area (Å²) in [6.45, 7) is 2.40. The second-order valence-corrected chi connectivity index (χ2v) is 6.05. The third kappa shape index (κ3) is 6.46. The first kappa shape index (κ1) is 18.0. The van der Waals surface area contributed by atoms with E-state index in [-0.39, 0.29) is 11.8 Å². The van der Waals surface area contributed by atoms with Gasteiger partial charge in [0.25, 0.3) is 0 Å². The SMILES string of the molecule is CCCC(CC1CCCC1)C(=O)NC(CCOC)C(=O)O. The van der Waals surface area contributed by atoms with Crippen molar-refractivity contribution in [2.24, 2.45) is 11.8 Å². The number of carboxylic acids is 1. The van der Waals surface area contributed by atoms with Crippen molar-refractivity contribution >= 4 is 11.9 Å². The Bertz CT molecular complexity index is 326. The molecule has 2 unspecified atom stereocenters. The van der Waals surface area contributed by atoms with Gasteiger partial charge in [-0.05, 0) is 18.8 Å². The molecule has 0 aromatic rings. The lowest BCUT2D eigenvalue weighted by Gasteiger charge is -2.22. The summed E-state index contributed by atoms with van der Waals surface area (Å²) in [7, 11) is 1.53. The Hall–Kier alpha value is -1.10. The van der Waals surface area contributed by atoms with Gasteiger partial charge in [0, 0.05) is 26.1 Å². The van der Waals surface area contributed by atoms with E-state index in [2.05, 4.69) is 12.2 Å². The normalized spacial score (nSPS) is 18.4. The summed E-state index contributed by atoms with van der Waals surface area (Å²) in [6, 6.07) is -0.847. The molecule has 0 spiro atoms. The van der Waals surface area contributed by atoms with E-state index in [1.165, 1.54) is 32.8 Å². The number of amides is 1. The number of carbonyl (C=O) groups excluding carboxylic acids is 1. The van der Waals surface area contributed by atoms with E-state index >= 15 is 0 Å². The van der Waals surface area contributed by atoms with Crippen LogP contribution in [0.15, 0.2) is 0 Å². The fraction of sp³-hybridized carbons (Fsp3) is 0.875. The van der Waals surface area contributed by atoms with Crippen molar-refractivity contribution in [2.45, 2.75) is 64.3 Å². The zero-order valence-electron chi connectivity index (χ0n) is 13.3. The number of hydrogen-bond acceptors (Lipinski definition) is 3. The van der Waals surface area contributed by atoms with Crippen molar-refractivity contribution < 1.29 is 19.4 Å². The number of aliphatic carboxylic acids is 1. The number of carbonyl (C=O) groups is 2. The van der Waals surface area contributed by atoms with Gasteiger partial charge in [-0.3, -0.25) is 4.79 Å². The topological polar surface area (TPSA) is 75.6 Å². The summed E-state index contributed by atoms with van der Waals surface area (Å²) in [5, 5.41) is 11.9. The van der Waals surface area contributed by atoms with Crippen molar-refractivity contribution in [2.75, 3.05) is 13.7 Å². The summed E-state index contributed by atoms with van der Waals surface area (Å²) < 4.78 is 4.91. The van der Waals surface area contributed by atoms with Gasteiger partial charge in [-0.1, -0.05) is 39.0 Å². The molecule has 0 bridgehead atoms. The molecule has 0 aromatic heterocycles. The Kier molecular flexibility index (Phi) is 8.35. The summed E-state index contributed by atoms with van der Waals surface area (Å²) >= 11 is 0. The number of methoxy groups -OCH3 is 1. The second-order valence-electron chi connectivity index (χ2n) is 6.05. The number of hydrogen-bond donors (Lipinski definition) is 2. The fourth-order valence-corrected chi connectivity index (χ4v) is 3.14. The Morgan fingerprint density at radius 1 is 1.29 bits per heavy atom. The molecule has 1 aliphatic rings. The molecule has 122 valence electrons. The fourth-order valence-electron chi connectivity index (χ4n) is 3.14. The van der Waals surface area contributed by atoms with Gasteiger partial charge in [0.05, 0.1) is 0 Å². The monoisotopic (exact) mass is 299 g/mol. The predicted molar refractivity (Wildman–Crippen MR) is 81.0 cm³/mol. The van der Waals surface area contributed by atoms with E-state index in [1.54, 1.807) is 0 Å². The molecule has 5 nitrogen and oxygen atoms in total. The van der Waals surface area contributed by atoms with Gasteiger partial charge in [-0.2, -0.15) is 0 Å². The summed E-state index contributed by atoms with van der Waals surface area (Å²) in [4.78, 5) is 23.6. The molecule has 2 atom stereocenters. The third-order valence-electron chi connectivity index (χ3n) is 4.33. The van der Waals surface area contributed by atoms with Gasteiger partial charge in [0.1, 0.15) is 6.04 Å². The van der Waals surface area contributed by atoms with Crippen LogP contribution in [0, 0.1) is 11.8 Å².